The highest BCUT2D eigenvalue weighted by Crippen LogP contribution is 2.37. The summed E-state index contributed by atoms with van der Waals surface area (Å²) in [5.74, 6) is 0.623. The zero-order chi connectivity index (χ0) is 13.7. The van der Waals surface area contributed by atoms with Gasteiger partial charge < -0.3 is 15.5 Å². The fourth-order valence-corrected chi connectivity index (χ4v) is 3.05. The quantitative estimate of drug-likeness (QED) is 0.817. The van der Waals surface area contributed by atoms with Gasteiger partial charge in [0.15, 0.2) is 0 Å². The number of likely N-dealkylation sites (N-methyl/N-ethyl adjacent to an activating group) is 1. The molecule has 1 heterocycles. The first kappa shape index (κ1) is 14.4. The molecule has 0 aromatic heterocycles. The van der Waals surface area contributed by atoms with Gasteiger partial charge in [-0.2, -0.15) is 0 Å². The maximum absolute atomic E-state index is 5.75. The zero-order valence-corrected chi connectivity index (χ0v) is 12.3. The molecule has 3 heteroatoms. The minimum atomic E-state index is 0.623. The average molecular weight is 261 g/mol. The average Bonchev–Trinajstić information content (AvgIpc) is 2.79. The highest BCUT2D eigenvalue weighted by atomic mass is 15.2. The molecule has 2 rings (SSSR count). The van der Waals surface area contributed by atoms with Gasteiger partial charge in [0.1, 0.15) is 0 Å². The fraction of sp³-hybridized carbons (Fsp3) is 0.625. The molecule has 0 amide bonds. The molecule has 0 saturated heterocycles. The number of anilines is 1. The third-order valence-electron chi connectivity index (χ3n) is 4.25. The molecule has 1 unspecified atom stereocenters. The Hall–Kier alpha value is -1.06. The molecule has 1 aliphatic heterocycles. The van der Waals surface area contributed by atoms with Gasteiger partial charge >= 0.3 is 0 Å². The Balaban J connectivity index is 2.03. The Morgan fingerprint density at radius 3 is 2.68 bits per heavy atom. The third kappa shape index (κ3) is 3.28. The van der Waals surface area contributed by atoms with Crippen LogP contribution in [-0.2, 0) is 0 Å². The van der Waals surface area contributed by atoms with Crippen LogP contribution in [0.2, 0.25) is 0 Å². The molecule has 0 bridgehead atoms. The van der Waals surface area contributed by atoms with Gasteiger partial charge in [-0.1, -0.05) is 32.0 Å². The van der Waals surface area contributed by atoms with Crippen molar-refractivity contribution >= 4 is 5.69 Å². The molecule has 2 N–H and O–H groups in total. The highest BCUT2D eigenvalue weighted by Gasteiger charge is 2.27. The predicted molar refractivity (Wildman–Crippen MR) is 82.9 cm³/mol. The van der Waals surface area contributed by atoms with Crippen LogP contribution in [0.1, 0.15) is 31.7 Å². The van der Waals surface area contributed by atoms with Gasteiger partial charge in [-0.3, -0.25) is 0 Å². The van der Waals surface area contributed by atoms with E-state index >= 15 is 0 Å². The summed E-state index contributed by atoms with van der Waals surface area (Å²) < 4.78 is 0. The summed E-state index contributed by atoms with van der Waals surface area (Å²) in [7, 11) is 0. The van der Waals surface area contributed by atoms with Crippen LogP contribution in [0.15, 0.2) is 24.3 Å². The standard InChI is InChI=1S/C16H27N3/c1-3-18(4-2)11-12-19-13-14(9-10-17)15-7-5-6-8-16(15)19/h5-8,14H,3-4,9-13,17H2,1-2H3. The Labute approximate surface area is 117 Å². The molecule has 3 nitrogen and oxygen atoms in total. The molecular formula is C16H27N3. The first-order valence-corrected chi connectivity index (χ1v) is 7.56. The number of nitrogens with zero attached hydrogens (tertiary/aromatic N) is 2. The van der Waals surface area contributed by atoms with Gasteiger partial charge in [-0.15, -0.1) is 0 Å². The lowest BCUT2D eigenvalue weighted by atomic mass is 9.98. The Morgan fingerprint density at radius 2 is 2.00 bits per heavy atom. The summed E-state index contributed by atoms with van der Waals surface area (Å²) in [6.07, 6.45) is 1.10. The van der Waals surface area contributed by atoms with Gasteiger partial charge in [0.25, 0.3) is 0 Å². The van der Waals surface area contributed by atoms with E-state index in [1.807, 2.05) is 0 Å². The summed E-state index contributed by atoms with van der Waals surface area (Å²) in [5, 5.41) is 0. The van der Waals surface area contributed by atoms with Crippen LogP contribution in [0.4, 0.5) is 5.69 Å². The van der Waals surface area contributed by atoms with Crippen LogP contribution in [0.5, 0.6) is 0 Å². The molecule has 1 aromatic carbocycles. The summed E-state index contributed by atoms with van der Waals surface area (Å²) in [6.45, 7) is 10.9. The van der Waals surface area contributed by atoms with E-state index in [4.69, 9.17) is 5.73 Å². The summed E-state index contributed by atoms with van der Waals surface area (Å²) in [5.41, 5.74) is 8.67. The monoisotopic (exact) mass is 261 g/mol. The Morgan fingerprint density at radius 1 is 1.26 bits per heavy atom. The van der Waals surface area contributed by atoms with Crippen LogP contribution >= 0.6 is 0 Å². The summed E-state index contributed by atoms with van der Waals surface area (Å²) in [4.78, 5) is 5.02. The minimum Gasteiger partial charge on any atom is -0.369 e. The largest absolute Gasteiger partial charge is 0.369 e. The van der Waals surface area contributed by atoms with E-state index < -0.39 is 0 Å². The number of nitrogens with two attached hydrogens (primary N) is 1. The minimum absolute atomic E-state index is 0.623. The third-order valence-corrected chi connectivity index (χ3v) is 4.25. The lowest BCUT2D eigenvalue weighted by Gasteiger charge is -2.25. The normalized spacial score (nSPS) is 18.1. The van der Waals surface area contributed by atoms with Gasteiger partial charge in [0.2, 0.25) is 0 Å². The molecular weight excluding hydrogens is 234 g/mol. The molecule has 0 fully saturated rings. The maximum atomic E-state index is 5.75. The Bertz CT molecular complexity index is 387. The molecule has 1 atom stereocenters. The van der Waals surface area contributed by atoms with E-state index in [9.17, 15) is 0 Å². The Kier molecular flexibility index (Phi) is 5.23. The van der Waals surface area contributed by atoms with Crippen molar-refractivity contribution < 1.29 is 0 Å². The first-order chi connectivity index (χ1) is 9.30. The molecule has 106 valence electrons. The van der Waals surface area contributed by atoms with E-state index in [-0.39, 0.29) is 0 Å². The number of hydrogen-bond acceptors (Lipinski definition) is 3. The van der Waals surface area contributed by atoms with Crippen LogP contribution in [-0.4, -0.2) is 44.2 Å². The maximum Gasteiger partial charge on any atom is 0.0402 e. The van der Waals surface area contributed by atoms with E-state index in [0.29, 0.717) is 5.92 Å². The highest BCUT2D eigenvalue weighted by molar-refractivity contribution is 5.60. The summed E-state index contributed by atoms with van der Waals surface area (Å²) >= 11 is 0. The van der Waals surface area contributed by atoms with E-state index in [2.05, 4.69) is 47.9 Å². The second-order valence-corrected chi connectivity index (χ2v) is 5.31. The zero-order valence-electron chi connectivity index (χ0n) is 12.3. The lowest BCUT2D eigenvalue weighted by molar-refractivity contribution is 0.309. The topological polar surface area (TPSA) is 32.5 Å². The van der Waals surface area contributed by atoms with Gasteiger partial charge in [-0.05, 0) is 37.7 Å². The van der Waals surface area contributed by atoms with E-state index in [1.54, 1.807) is 0 Å². The molecule has 0 radical (unpaired) electrons. The van der Waals surface area contributed by atoms with Crippen LogP contribution in [0, 0.1) is 0 Å². The van der Waals surface area contributed by atoms with Crippen molar-refractivity contribution in [2.24, 2.45) is 5.73 Å². The summed E-state index contributed by atoms with van der Waals surface area (Å²) in [6, 6.07) is 8.82. The number of para-hydroxylation sites is 1. The molecule has 1 aliphatic rings. The second-order valence-electron chi connectivity index (χ2n) is 5.31. The van der Waals surface area contributed by atoms with Crippen LogP contribution < -0.4 is 10.6 Å². The van der Waals surface area contributed by atoms with Crippen molar-refractivity contribution in [3.05, 3.63) is 29.8 Å². The van der Waals surface area contributed by atoms with E-state index in [0.717, 1.165) is 45.7 Å². The van der Waals surface area contributed by atoms with Crippen molar-refractivity contribution in [3.8, 4) is 0 Å². The van der Waals surface area contributed by atoms with Crippen molar-refractivity contribution in [1.82, 2.24) is 4.90 Å². The van der Waals surface area contributed by atoms with Crippen molar-refractivity contribution in [2.75, 3.05) is 44.2 Å². The number of hydrogen-bond donors (Lipinski definition) is 1. The predicted octanol–water partition coefficient (Wildman–Crippen LogP) is 2.28. The molecule has 0 spiro atoms. The first-order valence-electron chi connectivity index (χ1n) is 7.56. The number of benzene rings is 1. The second kappa shape index (κ2) is 6.92. The van der Waals surface area contributed by atoms with Gasteiger partial charge in [0, 0.05) is 31.2 Å². The van der Waals surface area contributed by atoms with Crippen molar-refractivity contribution in [1.29, 1.82) is 0 Å². The fourth-order valence-electron chi connectivity index (χ4n) is 3.05. The van der Waals surface area contributed by atoms with Gasteiger partial charge in [-0.25, -0.2) is 0 Å². The molecule has 0 aliphatic carbocycles. The van der Waals surface area contributed by atoms with Crippen molar-refractivity contribution in [2.45, 2.75) is 26.2 Å². The SMILES string of the molecule is CCN(CC)CCN1CC(CCN)c2ccccc21. The van der Waals surface area contributed by atoms with Crippen molar-refractivity contribution in [3.63, 3.8) is 0 Å². The van der Waals surface area contributed by atoms with Gasteiger partial charge in [0.05, 0.1) is 0 Å². The number of fused-ring (bicyclic) bond motifs is 1. The number of rotatable bonds is 7. The smallest absolute Gasteiger partial charge is 0.0402 e. The lowest BCUT2D eigenvalue weighted by Crippen LogP contribution is -2.34. The van der Waals surface area contributed by atoms with E-state index in [1.165, 1.54) is 11.3 Å². The van der Waals surface area contributed by atoms with Crippen LogP contribution in [0.3, 0.4) is 0 Å². The molecule has 0 saturated carbocycles. The molecule has 1 aromatic rings. The van der Waals surface area contributed by atoms with Crippen LogP contribution in [0.25, 0.3) is 0 Å². The molecule has 19 heavy (non-hydrogen) atoms.